The number of fused-ring (bicyclic) bond motifs is 3. The fourth-order valence-corrected chi connectivity index (χ4v) is 4.51. The molecule has 0 spiro atoms. The number of unbranched alkanes of at least 4 members (excludes halogenated alkanes) is 2. The van der Waals surface area contributed by atoms with Crippen molar-refractivity contribution in [2.24, 2.45) is 11.8 Å². The summed E-state index contributed by atoms with van der Waals surface area (Å²) in [6.07, 6.45) is 3.82. The molecule has 0 saturated heterocycles. The molecule has 153 valence electrons. The van der Waals surface area contributed by atoms with Gasteiger partial charge in [-0.2, -0.15) is 8.78 Å². The van der Waals surface area contributed by atoms with Crippen LogP contribution in [0.1, 0.15) is 82.3 Å². The van der Waals surface area contributed by atoms with Gasteiger partial charge < -0.3 is 9.84 Å². The number of rotatable bonds is 6. The number of phenols is 1. The van der Waals surface area contributed by atoms with E-state index in [9.17, 15) is 13.9 Å². The Morgan fingerprint density at radius 2 is 2.00 bits per heavy atom. The fraction of sp³-hybridized carbons (Fsp3) is 0.609. The maximum absolute atomic E-state index is 14.6. The minimum Gasteiger partial charge on any atom is -0.508 e. The van der Waals surface area contributed by atoms with Gasteiger partial charge in [0.1, 0.15) is 11.5 Å². The molecule has 2 nitrogen and oxygen atoms in total. The first-order chi connectivity index (χ1) is 12.7. The number of alkyl halides is 2. The van der Waals surface area contributed by atoms with Crippen molar-refractivity contribution in [3.63, 3.8) is 0 Å². The summed E-state index contributed by atoms with van der Waals surface area (Å²) in [6, 6.07) is 3.48. The van der Waals surface area contributed by atoms with E-state index in [2.05, 4.69) is 27.7 Å². The second-order valence-electron chi connectivity index (χ2n) is 8.39. The van der Waals surface area contributed by atoms with E-state index in [0.717, 1.165) is 24.0 Å². The van der Waals surface area contributed by atoms with Crippen LogP contribution in [0.25, 0.3) is 0 Å². The summed E-state index contributed by atoms with van der Waals surface area (Å²) in [5.74, 6) is -0.600. The molecule has 0 saturated carbocycles. The molecule has 1 N–H and O–H groups in total. The van der Waals surface area contributed by atoms with Crippen molar-refractivity contribution in [1.82, 2.24) is 0 Å². The molecule has 2 aliphatic rings. The van der Waals surface area contributed by atoms with Gasteiger partial charge in [-0.1, -0.05) is 59.3 Å². The number of benzene rings is 1. The van der Waals surface area contributed by atoms with Crippen LogP contribution in [0, 0.1) is 18.8 Å². The van der Waals surface area contributed by atoms with Crippen molar-refractivity contribution in [2.45, 2.75) is 77.2 Å². The van der Waals surface area contributed by atoms with Gasteiger partial charge in [-0.3, -0.25) is 0 Å². The number of aromatic hydroxyl groups is 1. The van der Waals surface area contributed by atoms with Gasteiger partial charge in [0.15, 0.2) is 0 Å². The first-order valence-corrected chi connectivity index (χ1v) is 10.2. The van der Waals surface area contributed by atoms with E-state index in [-0.39, 0.29) is 56.5 Å². The molecular weight excluding hydrogens is 435 g/mol. The second kappa shape index (κ2) is 9.47. The molecule has 1 heterocycles. The number of allylic oxidation sites excluding steroid dienone is 2. The van der Waals surface area contributed by atoms with Crippen LogP contribution in [0.2, 0.25) is 0 Å². The Bertz CT molecular complexity index is 717. The van der Waals surface area contributed by atoms with Gasteiger partial charge in [-0.05, 0) is 29.5 Å². The summed E-state index contributed by atoms with van der Waals surface area (Å²) < 4.78 is 34.4. The van der Waals surface area contributed by atoms with Crippen LogP contribution in [0.15, 0.2) is 23.8 Å². The van der Waals surface area contributed by atoms with Gasteiger partial charge in [0.2, 0.25) is 0 Å². The average molecular weight is 466 g/mol. The van der Waals surface area contributed by atoms with Crippen LogP contribution in [0.3, 0.4) is 0 Å². The van der Waals surface area contributed by atoms with Gasteiger partial charge >= 0.3 is 6.11 Å². The Labute approximate surface area is 193 Å². The predicted octanol–water partition coefficient (Wildman–Crippen LogP) is 6.95. The van der Waals surface area contributed by atoms with Crippen molar-refractivity contribution >= 4 is 0 Å². The molecule has 0 fully saturated rings. The van der Waals surface area contributed by atoms with Crippen molar-refractivity contribution in [2.75, 3.05) is 0 Å². The summed E-state index contributed by atoms with van der Waals surface area (Å²) in [4.78, 5) is 0. The Hall–Kier alpha value is -0.606. The topological polar surface area (TPSA) is 29.5 Å². The number of hydrogen-bond acceptors (Lipinski definition) is 2. The van der Waals surface area contributed by atoms with Gasteiger partial charge in [-0.15, -0.1) is 0 Å². The number of hydrogen-bond donors (Lipinski definition) is 1. The first-order valence-electron chi connectivity index (χ1n) is 10.2. The molecule has 5 heteroatoms. The average Bonchev–Trinajstić information content (AvgIpc) is 2.59. The van der Waals surface area contributed by atoms with E-state index < -0.39 is 17.9 Å². The van der Waals surface area contributed by atoms with Crippen LogP contribution in [-0.2, 0) is 32.7 Å². The molecule has 4 unspecified atom stereocenters. The summed E-state index contributed by atoms with van der Waals surface area (Å²) in [5, 5.41) is 10.7. The molecule has 1 radical (unpaired) electrons. The van der Waals surface area contributed by atoms with Gasteiger partial charge in [0.05, 0.1) is 5.92 Å². The molecule has 0 amide bonds. The Kier molecular flexibility index (Phi) is 8.01. The maximum Gasteiger partial charge on any atom is 0.400 e. The molecule has 28 heavy (non-hydrogen) atoms. The van der Waals surface area contributed by atoms with Crippen molar-refractivity contribution in [1.29, 1.82) is 0 Å². The van der Waals surface area contributed by atoms with E-state index in [1.54, 1.807) is 18.2 Å². The predicted molar refractivity (Wildman–Crippen MR) is 104 cm³/mol. The van der Waals surface area contributed by atoms with Crippen molar-refractivity contribution in [3.8, 4) is 11.5 Å². The molecule has 1 aromatic rings. The van der Waals surface area contributed by atoms with Crippen molar-refractivity contribution in [3.05, 3.63) is 41.8 Å². The van der Waals surface area contributed by atoms with Crippen molar-refractivity contribution < 1.29 is 51.3 Å². The van der Waals surface area contributed by atoms with E-state index >= 15 is 0 Å². The second-order valence-corrected chi connectivity index (χ2v) is 8.39. The molecular formula is C23H31F2O2Y-. The Morgan fingerprint density at radius 3 is 2.68 bits per heavy atom. The quantitative estimate of drug-likeness (QED) is 0.363. The normalized spacial score (nSPS) is 24.7. The van der Waals surface area contributed by atoms with Gasteiger partial charge in [-0.25, -0.2) is 18.6 Å². The molecule has 1 aliphatic carbocycles. The van der Waals surface area contributed by atoms with E-state index in [1.807, 2.05) is 0 Å². The maximum atomic E-state index is 14.6. The summed E-state index contributed by atoms with van der Waals surface area (Å²) >= 11 is 0. The monoisotopic (exact) mass is 466 g/mol. The van der Waals surface area contributed by atoms with Gasteiger partial charge in [0, 0.05) is 44.2 Å². The summed E-state index contributed by atoms with van der Waals surface area (Å²) in [5.41, 5.74) is 2.24. The van der Waals surface area contributed by atoms with E-state index in [0.29, 0.717) is 17.9 Å². The number of ether oxygens (including phenoxy) is 1. The Balaban J connectivity index is 0.00000280. The van der Waals surface area contributed by atoms with Crippen LogP contribution < -0.4 is 4.74 Å². The third kappa shape index (κ3) is 4.75. The van der Waals surface area contributed by atoms with Crippen LogP contribution in [0.4, 0.5) is 8.78 Å². The summed E-state index contributed by atoms with van der Waals surface area (Å²) in [6.45, 7) is 10.4. The smallest absolute Gasteiger partial charge is 0.400 e. The minimum atomic E-state index is -3.23. The van der Waals surface area contributed by atoms with E-state index in [4.69, 9.17) is 4.74 Å². The largest absolute Gasteiger partial charge is 0.508 e. The van der Waals surface area contributed by atoms with E-state index in [1.165, 1.54) is 12.8 Å². The molecule has 0 aromatic heterocycles. The minimum absolute atomic E-state index is 0. The molecule has 1 aliphatic heterocycles. The summed E-state index contributed by atoms with van der Waals surface area (Å²) in [7, 11) is 0. The zero-order valence-electron chi connectivity index (χ0n) is 17.2. The van der Waals surface area contributed by atoms with Gasteiger partial charge in [0.25, 0.3) is 0 Å². The zero-order chi connectivity index (χ0) is 19.8. The third-order valence-corrected chi connectivity index (χ3v) is 6.46. The molecule has 4 atom stereocenters. The number of phenolic OH excluding ortho intramolecular Hbond substituents is 1. The van der Waals surface area contributed by atoms with Crippen LogP contribution in [-0.4, -0.2) is 11.2 Å². The molecule has 0 bridgehead atoms. The fourth-order valence-electron chi connectivity index (χ4n) is 4.51. The molecule has 3 rings (SSSR count). The zero-order valence-corrected chi connectivity index (χ0v) is 20.0. The molecule has 1 aromatic carbocycles. The number of halogens is 2. The van der Waals surface area contributed by atoms with Crippen LogP contribution >= 0.6 is 0 Å². The first kappa shape index (κ1) is 23.7. The SMILES string of the molecule is [CH2-]C1=CCC2C(C1)c1c(O)cc(C(C)C(C)CCCCC)cc1OC2(F)F.[Y]. The van der Waals surface area contributed by atoms with Crippen LogP contribution in [0.5, 0.6) is 11.5 Å². The third-order valence-electron chi connectivity index (χ3n) is 6.46. The Morgan fingerprint density at radius 1 is 1.29 bits per heavy atom. The standard InChI is InChI=1S/C23H31F2O2.Y/c1-5-6-7-8-15(3)16(4)17-12-20(26)22-18-11-14(2)9-10-19(18)23(24,25)27-21(22)13-17;/h9,12-13,15-16,18-19,26H,2,5-8,10-11H2,1,3-4H3;/q-1;.